The maximum atomic E-state index is 12.3. The number of benzene rings is 2. The average molecular weight is 406 g/mol. The molecule has 30 heavy (non-hydrogen) atoms. The molecular weight excluding hydrogens is 384 g/mol. The third-order valence-corrected chi connectivity index (χ3v) is 6.56. The number of carboxylic acids is 1. The first-order valence-corrected chi connectivity index (χ1v) is 10.1. The van der Waals surface area contributed by atoms with Gasteiger partial charge in [0.25, 0.3) is 0 Å². The number of carbonyl (C=O) groups excluding carboxylic acids is 2. The molecule has 1 heterocycles. The number of piperidine rings is 1. The van der Waals surface area contributed by atoms with Crippen molar-refractivity contribution >= 4 is 18.0 Å². The number of likely N-dealkylation sites (tertiary alicyclic amines) is 1. The Morgan fingerprint density at radius 3 is 2.10 bits per heavy atom. The maximum absolute atomic E-state index is 12.3. The molecule has 5 rings (SSSR count). The van der Waals surface area contributed by atoms with Crippen LogP contribution in [0.5, 0.6) is 0 Å². The van der Waals surface area contributed by atoms with Gasteiger partial charge in [-0.1, -0.05) is 48.5 Å². The Balaban J connectivity index is 1.13. The van der Waals surface area contributed by atoms with E-state index in [2.05, 4.69) is 17.4 Å². The van der Waals surface area contributed by atoms with Crippen molar-refractivity contribution in [1.82, 2.24) is 10.2 Å². The van der Waals surface area contributed by atoms with Gasteiger partial charge in [0.1, 0.15) is 13.2 Å². The van der Waals surface area contributed by atoms with E-state index in [4.69, 9.17) is 9.84 Å². The SMILES string of the molecule is O=C(NCC(=O)N1C[C@@H]2C(C(=O)O)[C@@H]2C1)OCC1c2ccccc2-c2ccccc21. The highest BCUT2D eigenvalue weighted by Crippen LogP contribution is 2.51. The minimum atomic E-state index is -0.783. The predicted molar refractivity (Wildman–Crippen MR) is 108 cm³/mol. The molecule has 2 fully saturated rings. The number of nitrogens with one attached hydrogen (secondary N) is 1. The van der Waals surface area contributed by atoms with Crippen LogP contribution in [0, 0.1) is 17.8 Å². The molecule has 3 aliphatic rings. The number of rotatable bonds is 5. The maximum Gasteiger partial charge on any atom is 0.407 e. The molecule has 1 unspecified atom stereocenters. The van der Waals surface area contributed by atoms with Crippen LogP contribution in [0.15, 0.2) is 48.5 Å². The van der Waals surface area contributed by atoms with Gasteiger partial charge in [-0.2, -0.15) is 0 Å². The normalized spacial score (nSPS) is 23.3. The van der Waals surface area contributed by atoms with Crippen molar-refractivity contribution in [3.8, 4) is 11.1 Å². The summed E-state index contributed by atoms with van der Waals surface area (Å²) in [6.07, 6.45) is -0.627. The van der Waals surface area contributed by atoms with Crippen LogP contribution in [0.25, 0.3) is 11.1 Å². The van der Waals surface area contributed by atoms with Gasteiger partial charge in [-0.15, -0.1) is 0 Å². The lowest BCUT2D eigenvalue weighted by Crippen LogP contribution is -2.41. The molecule has 1 saturated carbocycles. The van der Waals surface area contributed by atoms with Crippen molar-refractivity contribution in [2.24, 2.45) is 17.8 Å². The van der Waals surface area contributed by atoms with Crippen LogP contribution in [0.1, 0.15) is 17.0 Å². The molecule has 0 aromatic heterocycles. The van der Waals surface area contributed by atoms with E-state index in [9.17, 15) is 14.4 Å². The fourth-order valence-electron chi connectivity index (χ4n) is 5.01. The highest BCUT2D eigenvalue weighted by molar-refractivity contribution is 5.84. The number of carbonyl (C=O) groups is 3. The molecule has 154 valence electrons. The Labute approximate surface area is 173 Å². The molecule has 0 radical (unpaired) electrons. The lowest BCUT2D eigenvalue weighted by Gasteiger charge is -2.19. The number of hydrogen-bond acceptors (Lipinski definition) is 4. The van der Waals surface area contributed by atoms with E-state index in [1.54, 1.807) is 4.90 Å². The van der Waals surface area contributed by atoms with E-state index in [0.717, 1.165) is 22.3 Å². The molecule has 2 aromatic carbocycles. The number of ether oxygens (including phenoxy) is 1. The van der Waals surface area contributed by atoms with Crippen molar-refractivity contribution in [3.05, 3.63) is 59.7 Å². The second-order valence-corrected chi connectivity index (χ2v) is 8.17. The topological polar surface area (TPSA) is 95.9 Å². The van der Waals surface area contributed by atoms with Gasteiger partial charge >= 0.3 is 12.1 Å². The summed E-state index contributed by atoms with van der Waals surface area (Å²) in [4.78, 5) is 37.1. The number of aliphatic carboxylic acids is 1. The third kappa shape index (κ3) is 3.10. The molecule has 1 saturated heterocycles. The summed E-state index contributed by atoms with van der Waals surface area (Å²) in [6.45, 7) is 0.954. The minimum Gasteiger partial charge on any atom is -0.481 e. The standard InChI is InChI=1S/C23H22N2O5/c26-20(25-10-17-18(11-25)21(17)22(27)28)9-24-23(29)30-12-19-15-7-3-1-5-13(15)14-6-2-4-8-16(14)19/h1-8,17-19,21H,9-12H2,(H,24,29)(H,27,28)/t17-,18+,21?. The molecule has 3 atom stereocenters. The highest BCUT2D eigenvalue weighted by Gasteiger charge is 2.60. The summed E-state index contributed by atoms with van der Waals surface area (Å²) >= 11 is 0. The fourth-order valence-corrected chi connectivity index (χ4v) is 5.01. The minimum absolute atomic E-state index is 0.0301. The van der Waals surface area contributed by atoms with Crippen LogP contribution in [0.3, 0.4) is 0 Å². The summed E-state index contributed by atoms with van der Waals surface area (Å²) in [7, 11) is 0. The van der Waals surface area contributed by atoms with Crippen LogP contribution in [0.2, 0.25) is 0 Å². The van der Waals surface area contributed by atoms with Gasteiger partial charge < -0.3 is 20.1 Å². The van der Waals surface area contributed by atoms with Crippen LogP contribution < -0.4 is 5.32 Å². The first-order chi connectivity index (χ1) is 14.5. The zero-order valence-electron chi connectivity index (χ0n) is 16.3. The van der Waals surface area contributed by atoms with Gasteiger partial charge in [-0.3, -0.25) is 9.59 Å². The fraction of sp³-hybridized carbons (Fsp3) is 0.348. The molecular formula is C23H22N2O5. The van der Waals surface area contributed by atoms with E-state index < -0.39 is 12.1 Å². The van der Waals surface area contributed by atoms with Crippen LogP contribution in [-0.2, 0) is 14.3 Å². The van der Waals surface area contributed by atoms with Gasteiger partial charge in [0.2, 0.25) is 5.91 Å². The summed E-state index contributed by atoms with van der Waals surface area (Å²) in [5.41, 5.74) is 4.58. The second-order valence-electron chi connectivity index (χ2n) is 8.17. The molecule has 2 aliphatic carbocycles. The molecule has 0 spiro atoms. The Morgan fingerprint density at radius 2 is 1.53 bits per heavy atom. The number of hydrogen-bond donors (Lipinski definition) is 2. The predicted octanol–water partition coefficient (Wildman–Crippen LogP) is 2.31. The molecule has 2 amide bonds. The summed E-state index contributed by atoms with van der Waals surface area (Å²) in [6, 6.07) is 16.2. The molecule has 0 bridgehead atoms. The number of alkyl carbamates (subject to hydrolysis) is 1. The van der Waals surface area contributed by atoms with Crippen LogP contribution in [-0.4, -0.2) is 54.2 Å². The first kappa shape index (κ1) is 18.7. The van der Waals surface area contributed by atoms with E-state index in [1.165, 1.54) is 0 Å². The van der Waals surface area contributed by atoms with Crippen LogP contribution >= 0.6 is 0 Å². The molecule has 7 nitrogen and oxygen atoms in total. The Kier molecular flexibility index (Phi) is 4.46. The van der Waals surface area contributed by atoms with Crippen molar-refractivity contribution < 1.29 is 24.2 Å². The summed E-state index contributed by atoms with van der Waals surface area (Å²) in [5, 5.41) is 11.6. The number of carboxylic acid groups (broad SMARTS) is 1. The van der Waals surface area contributed by atoms with E-state index >= 15 is 0 Å². The Hall–Kier alpha value is -3.35. The summed E-state index contributed by atoms with van der Waals surface area (Å²) in [5.74, 6) is -1.22. The van der Waals surface area contributed by atoms with E-state index in [-0.39, 0.29) is 42.7 Å². The quantitative estimate of drug-likeness (QED) is 0.795. The highest BCUT2D eigenvalue weighted by atomic mass is 16.5. The van der Waals surface area contributed by atoms with Crippen molar-refractivity contribution in [1.29, 1.82) is 0 Å². The monoisotopic (exact) mass is 406 g/mol. The first-order valence-electron chi connectivity index (χ1n) is 10.1. The zero-order chi connectivity index (χ0) is 20.8. The largest absolute Gasteiger partial charge is 0.481 e. The number of amides is 2. The zero-order valence-corrected chi connectivity index (χ0v) is 16.3. The van der Waals surface area contributed by atoms with Gasteiger partial charge in [-0.25, -0.2) is 4.79 Å². The number of fused-ring (bicyclic) bond motifs is 4. The Morgan fingerprint density at radius 1 is 0.967 bits per heavy atom. The van der Waals surface area contributed by atoms with Gasteiger partial charge in [0, 0.05) is 19.0 Å². The third-order valence-electron chi connectivity index (χ3n) is 6.56. The van der Waals surface area contributed by atoms with E-state index in [1.807, 2.05) is 36.4 Å². The average Bonchev–Trinajstić information content (AvgIpc) is 3.11. The van der Waals surface area contributed by atoms with Gasteiger partial charge in [0.05, 0.1) is 5.92 Å². The molecule has 7 heteroatoms. The lowest BCUT2D eigenvalue weighted by atomic mass is 9.98. The lowest BCUT2D eigenvalue weighted by molar-refractivity contribution is -0.140. The second kappa shape index (κ2) is 7.16. The van der Waals surface area contributed by atoms with Crippen LogP contribution in [0.4, 0.5) is 4.79 Å². The molecule has 2 N–H and O–H groups in total. The van der Waals surface area contributed by atoms with Crippen molar-refractivity contribution in [3.63, 3.8) is 0 Å². The number of nitrogens with zero attached hydrogens (tertiary/aromatic N) is 1. The summed E-state index contributed by atoms with van der Waals surface area (Å²) < 4.78 is 5.43. The molecule has 1 aliphatic heterocycles. The smallest absolute Gasteiger partial charge is 0.407 e. The van der Waals surface area contributed by atoms with Gasteiger partial charge in [-0.05, 0) is 34.1 Å². The van der Waals surface area contributed by atoms with Gasteiger partial charge in [0.15, 0.2) is 0 Å². The molecule has 2 aromatic rings. The Bertz CT molecular complexity index is 978. The van der Waals surface area contributed by atoms with Crippen molar-refractivity contribution in [2.45, 2.75) is 5.92 Å². The van der Waals surface area contributed by atoms with Crippen molar-refractivity contribution in [2.75, 3.05) is 26.2 Å². The van der Waals surface area contributed by atoms with E-state index in [0.29, 0.717) is 13.1 Å².